The Morgan fingerprint density at radius 1 is 0.482 bits per heavy atom. The minimum Gasteiger partial charge on any atom is -0.478 e. The van der Waals surface area contributed by atoms with Gasteiger partial charge in [0.2, 0.25) is 0 Å². The molecule has 2 N–H and O–H groups in total. The monoisotopic (exact) mass is 1130 g/mol. The molecule has 8 aromatic carbocycles. The van der Waals surface area contributed by atoms with Gasteiger partial charge in [-0.2, -0.15) is 0 Å². The number of esters is 2. The van der Waals surface area contributed by atoms with E-state index in [0.717, 1.165) is 78.6 Å². The average Bonchev–Trinajstić information content (AvgIpc) is 4.14. The number of rotatable bonds is 14. The summed E-state index contributed by atoms with van der Waals surface area (Å²) in [5.41, 5.74) is 15.9. The van der Waals surface area contributed by atoms with Gasteiger partial charge >= 0.3 is 17.9 Å². The van der Waals surface area contributed by atoms with Crippen LogP contribution >= 0.6 is 0 Å². The second-order valence-electron chi connectivity index (χ2n) is 23.5. The molecule has 10 aromatic rings. The van der Waals surface area contributed by atoms with Crippen LogP contribution in [0.25, 0.3) is 44.1 Å². The molecule has 1 amide bonds. The fourth-order valence-corrected chi connectivity index (χ4v) is 10.4. The van der Waals surface area contributed by atoms with E-state index >= 15 is 0 Å². The molecule has 0 spiro atoms. The molecule has 0 saturated carbocycles. The Morgan fingerprint density at radius 3 is 1.28 bits per heavy atom. The third kappa shape index (κ3) is 15.5. The van der Waals surface area contributed by atoms with E-state index in [4.69, 9.17) is 9.47 Å². The van der Waals surface area contributed by atoms with Gasteiger partial charge in [0.25, 0.3) is 5.91 Å². The van der Waals surface area contributed by atoms with Gasteiger partial charge in [-0.1, -0.05) is 146 Å². The summed E-state index contributed by atoms with van der Waals surface area (Å²) in [6.07, 6.45) is 0. The minimum atomic E-state index is -0.922. The molecule has 11 nitrogen and oxygen atoms in total. The second kappa shape index (κ2) is 26.9. The Morgan fingerprint density at radius 2 is 0.871 bits per heavy atom. The third-order valence-corrected chi connectivity index (χ3v) is 14.9. The molecule has 0 aliphatic carbocycles. The molecule has 0 unspecified atom stereocenters. The number of benzene rings is 8. The Balaban J connectivity index is 0.000000196. The standard InChI is InChI=1S/C37H38N2O3.C29H29NO4.C8H11N/c1-25-26(2)39(34-21-20-30(22-33(25)34)35(40)38(6)23-27-12-8-7-9-13-27)24-28-16-18-29(19-17-28)31-14-10-11-15-32(31)36(41)42-37(3,4)5;1-18-19(2)30(26-15-14-22(27(31)32)16-25(18)26)17-20-10-12-21(13-11-20)23-8-6-7-9-24(23)28(33)34-29(3,4)5;1-9-7-8-5-3-2-4-6-8/h7-22H,23-24H2,1-6H3;6-16H,17H2,1-5H3,(H,31,32);2-6,9H,7H2,1H3. The first-order valence-electron chi connectivity index (χ1n) is 28.7. The third-order valence-electron chi connectivity index (χ3n) is 14.9. The Hall–Kier alpha value is -9.32. The molecule has 0 bridgehead atoms. The molecule has 0 saturated heterocycles. The quantitative estimate of drug-likeness (QED) is 0.103. The van der Waals surface area contributed by atoms with Crippen LogP contribution in [-0.2, 0) is 35.7 Å². The van der Waals surface area contributed by atoms with Crippen LogP contribution in [0.5, 0.6) is 0 Å². The summed E-state index contributed by atoms with van der Waals surface area (Å²) in [5, 5.41) is 14.5. The van der Waals surface area contributed by atoms with E-state index in [-0.39, 0.29) is 17.8 Å². The fraction of sp³-hybridized carbons (Fsp3) is 0.243. The van der Waals surface area contributed by atoms with E-state index in [1.165, 1.54) is 16.8 Å². The minimum absolute atomic E-state index is 0.00723. The van der Waals surface area contributed by atoms with Crippen LogP contribution in [-0.4, -0.2) is 68.3 Å². The number of ether oxygens (including phenoxy) is 2. The van der Waals surface area contributed by atoms with Crippen LogP contribution in [0.3, 0.4) is 0 Å². The first-order chi connectivity index (χ1) is 40.5. The van der Waals surface area contributed by atoms with Crippen molar-refractivity contribution in [1.29, 1.82) is 0 Å². The van der Waals surface area contributed by atoms with E-state index in [2.05, 4.69) is 89.8 Å². The number of fused-ring (bicyclic) bond motifs is 2. The van der Waals surface area contributed by atoms with Gasteiger partial charge in [0.05, 0.1) is 16.7 Å². The molecule has 0 aliphatic rings. The molecule has 0 radical (unpaired) electrons. The Labute approximate surface area is 500 Å². The summed E-state index contributed by atoms with van der Waals surface area (Å²) in [5.74, 6) is -1.57. The van der Waals surface area contributed by atoms with E-state index in [9.17, 15) is 24.3 Å². The number of carbonyl (C=O) groups is 4. The number of amides is 1. The number of hydrogen-bond donors (Lipinski definition) is 2. The number of aromatic nitrogens is 2. The van der Waals surface area contributed by atoms with Gasteiger partial charge in [0.1, 0.15) is 11.2 Å². The van der Waals surface area contributed by atoms with Crippen LogP contribution in [0.1, 0.15) is 128 Å². The molecule has 0 aliphatic heterocycles. The van der Waals surface area contributed by atoms with Gasteiger partial charge in [-0.3, -0.25) is 4.79 Å². The lowest BCUT2D eigenvalue weighted by molar-refractivity contribution is 0.00578. The van der Waals surface area contributed by atoms with Gasteiger partial charge < -0.3 is 33.9 Å². The van der Waals surface area contributed by atoms with Crippen LogP contribution in [0, 0.1) is 27.7 Å². The molecular formula is C74H78N4O7. The van der Waals surface area contributed by atoms with E-state index in [0.29, 0.717) is 41.9 Å². The largest absolute Gasteiger partial charge is 0.478 e. The lowest BCUT2D eigenvalue weighted by Gasteiger charge is -2.20. The zero-order chi connectivity index (χ0) is 61.2. The number of aryl methyl sites for hydroxylation is 2. The van der Waals surface area contributed by atoms with E-state index < -0.39 is 17.2 Å². The van der Waals surface area contributed by atoms with Crippen molar-refractivity contribution in [3.05, 3.63) is 261 Å². The van der Waals surface area contributed by atoms with E-state index in [1.807, 2.05) is 184 Å². The molecule has 2 aromatic heterocycles. The Kier molecular flexibility index (Phi) is 19.6. The average molecular weight is 1140 g/mol. The lowest BCUT2D eigenvalue weighted by atomic mass is 9.98. The van der Waals surface area contributed by atoms with Gasteiger partial charge in [-0.05, 0) is 180 Å². The van der Waals surface area contributed by atoms with Crippen molar-refractivity contribution >= 4 is 45.6 Å². The van der Waals surface area contributed by atoms with E-state index in [1.54, 1.807) is 23.1 Å². The molecule has 85 heavy (non-hydrogen) atoms. The smallest absolute Gasteiger partial charge is 0.339 e. The summed E-state index contributed by atoms with van der Waals surface area (Å²) in [7, 11) is 3.80. The number of nitrogens with one attached hydrogen (secondary N) is 1. The summed E-state index contributed by atoms with van der Waals surface area (Å²) < 4.78 is 15.7. The van der Waals surface area contributed by atoms with Crippen LogP contribution in [0.2, 0.25) is 0 Å². The second-order valence-corrected chi connectivity index (χ2v) is 23.5. The fourth-order valence-electron chi connectivity index (χ4n) is 10.4. The van der Waals surface area contributed by atoms with Crippen LogP contribution < -0.4 is 5.32 Å². The molecule has 0 atom stereocenters. The maximum atomic E-state index is 13.3. The molecule has 0 fully saturated rings. The first-order valence-corrected chi connectivity index (χ1v) is 28.7. The van der Waals surface area contributed by atoms with Crippen LogP contribution in [0.4, 0.5) is 0 Å². The van der Waals surface area contributed by atoms with Crippen molar-refractivity contribution in [2.45, 2.75) is 107 Å². The van der Waals surface area contributed by atoms with Crippen LogP contribution in [0.15, 0.2) is 194 Å². The molecule has 436 valence electrons. The highest BCUT2D eigenvalue weighted by Gasteiger charge is 2.23. The highest BCUT2D eigenvalue weighted by Crippen LogP contribution is 2.32. The first kappa shape index (κ1) is 61.7. The number of carboxylic acids is 1. The van der Waals surface area contributed by atoms with Gasteiger partial charge in [-0.15, -0.1) is 0 Å². The lowest BCUT2D eigenvalue weighted by Crippen LogP contribution is -2.26. The molecule has 11 heteroatoms. The predicted octanol–water partition coefficient (Wildman–Crippen LogP) is 16.2. The van der Waals surface area contributed by atoms with Crippen molar-refractivity contribution in [2.24, 2.45) is 0 Å². The van der Waals surface area contributed by atoms with Crippen molar-refractivity contribution in [1.82, 2.24) is 19.4 Å². The summed E-state index contributed by atoms with van der Waals surface area (Å²) in [6.45, 7) is 22.4. The summed E-state index contributed by atoms with van der Waals surface area (Å²) in [4.78, 5) is 52.0. The number of carbonyl (C=O) groups excluding carboxylic acids is 3. The highest BCUT2D eigenvalue weighted by molar-refractivity contribution is 6.00. The van der Waals surface area contributed by atoms with Gasteiger partial charge in [0.15, 0.2) is 0 Å². The maximum Gasteiger partial charge on any atom is 0.339 e. The molecular weight excluding hydrogens is 1060 g/mol. The molecule has 2 heterocycles. The topological polar surface area (TPSA) is 132 Å². The SMILES string of the molecule is CNCc1ccccc1.Cc1c(C)n(Cc2ccc(-c3ccccc3C(=O)OC(C)(C)C)cc2)c2ccc(C(=O)N(C)Cc3ccccc3)cc12.Cc1c(C)n(Cc2ccc(-c3ccccc3C(=O)OC(C)(C)C)cc2)c2ccc(C(=O)O)cc12. The summed E-state index contributed by atoms with van der Waals surface area (Å²) in [6, 6.07) is 63.2. The summed E-state index contributed by atoms with van der Waals surface area (Å²) >= 11 is 0. The van der Waals surface area contributed by atoms with Crippen molar-refractivity contribution in [3.8, 4) is 22.3 Å². The Bertz CT molecular complexity index is 3980. The zero-order valence-corrected chi connectivity index (χ0v) is 51.0. The number of hydrogen-bond acceptors (Lipinski definition) is 7. The number of carboxylic acid groups (broad SMARTS) is 1. The maximum absolute atomic E-state index is 13.3. The highest BCUT2D eigenvalue weighted by atomic mass is 16.6. The predicted molar refractivity (Wildman–Crippen MR) is 344 cm³/mol. The van der Waals surface area contributed by atoms with Crippen molar-refractivity contribution in [2.75, 3.05) is 14.1 Å². The number of nitrogens with zero attached hydrogens (tertiary/aromatic N) is 3. The number of aromatic carboxylic acids is 1. The van der Waals surface area contributed by atoms with Crippen molar-refractivity contribution in [3.63, 3.8) is 0 Å². The normalized spacial score (nSPS) is 11.3. The van der Waals surface area contributed by atoms with Crippen molar-refractivity contribution < 1.29 is 33.8 Å². The molecule has 10 rings (SSSR count). The van der Waals surface area contributed by atoms with Gasteiger partial charge in [-0.25, -0.2) is 14.4 Å². The van der Waals surface area contributed by atoms with Gasteiger partial charge in [0, 0.05) is 72.0 Å². The zero-order valence-electron chi connectivity index (χ0n) is 51.0.